The van der Waals surface area contributed by atoms with Crippen molar-refractivity contribution in [3.63, 3.8) is 0 Å². The first-order valence-electron chi connectivity index (χ1n) is 8.80. The monoisotopic (exact) mass is 358 g/mol. The number of hydrogen-bond acceptors (Lipinski definition) is 3. The molecule has 2 aromatic rings. The number of nitrogens with zero attached hydrogens (tertiary/aromatic N) is 2. The molecule has 0 bridgehead atoms. The number of halogens is 1. The Morgan fingerprint density at radius 2 is 1.96 bits per heavy atom. The average molecular weight is 359 g/mol. The number of ether oxygens (including phenoxy) is 1. The van der Waals surface area contributed by atoms with Gasteiger partial charge in [0.05, 0.1) is 5.92 Å². The largest absolute Gasteiger partial charge is 0.473 e. The second-order valence-corrected chi connectivity index (χ2v) is 6.71. The number of benzene rings is 1. The van der Waals surface area contributed by atoms with Crippen molar-refractivity contribution in [3.8, 4) is 5.88 Å². The number of hydrogen-bond donors (Lipinski definition) is 0. The third-order valence-corrected chi connectivity index (χ3v) is 4.95. The van der Waals surface area contributed by atoms with Crippen LogP contribution in [0.15, 0.2) is 48.7 Å². The fourth-order valence-electron chi connectivity index (χ4n) is 3.27. The highest BCUT2D eigenvalue weighted by Crippen LogP contribution is 2.27. The second kappa shape index (κ2) is 8.34. The van der Waals surface area contributed by atoms with Gasteiger partial charge in [-0.2, -0.15) is 0 Å². The van der Waals surface area contributed by atoms with E-state index in [0.717, 1.165) is 24.8 Å². The lowest BCUT2D eigenvalue weighted by Gasteiger charge is -2.34. The molecule has 1 aromatic heterocycles. The Labute approximate surface area is 153 Å². The van der Waals surface area contributed by atoms with E-state index in [9.17, 15) is 4.79 Å². The van der Waals surface area contributed by atoms with Crippen molar-refractivity contribution >= 4 is 17.5 Å². The van der Waals surface area contributed by atoms with E-state index in [-0.39, 0.29) is 17.9 Å². The van der Waals surface area contributed by atoms with Gasteiger partial charge in [-0.3, -0.25) is 4.79 Å². The standard InChI is InChI=1S/C20H23ClN2O2/c1-2-17(15-7-4-3-5-8-15)20(24)23-13-10-16(11-14-23)25-19-18(21)9-6-12-22-19/h3-9,12,16-17H,2,10-11,13-14H2,1H3. The van der Waals surface area contributed by atoms with Gasteiger partial charge in [0.1, 0.15) is 11.1 Å². The van der Waals surface area contributed by atoms with E-state index >= 15 is 0 Å². The van der Waals surface area contributed by atoms with Crippen molar-refractivity contribution in [2.75, 3.05) is 13.1 Å². The summed E-state index contributed by atoms with van der Waals surface area (Å²) < 4.78 is 5.90. The minimum atomic E-state index is -0.0658. The lowest BCUT2D eigenvalue weighted by molar-refractivity contribution is -0.134. The zero-order valence-corrected chi connectivity index (χ0v) is 15.2. The smallest absolute Gasteiger partial charge is 0.232 e. The summed E-state index contributed by atoms with van der Waals surface area (Å²) in [5.74, 6) is 0.622. The van der Waals surface area contributed by atoms with Crippen molar-refractivity contribution < 1.29 is 9.53 Å². The number of aromatic nitrogens is 1. The molecule has 25 heavy (non-hydrogen) atoms. The van der Waals surface area contributed by atoms with Crippen molar-refractivity contribution in [3.05, 3.63) is 59.2 Å². The van der Waals surface area contributed by atoms with Crippen LogP contribution in [0.4, 0.5) is 0 Å². The summed E-state index contributed by atoms with van der Waals surface area (Å²) in [4.78, 5) is 19.0. The van der Waals surface area contributed by atoms with Gasteiger partial charge in [-0.15, -0.1) is 0 Å². The van der Waals surface area contributed by atoms with Gasteiger partial charge >= 0.3 is 0 Å². The maximum absolute atomic E-state index is 12.9. The van der Waals surface area contributed by atoms with E-state index in [1.54, 1.807) is 18.3 Å². The van der Waals surface area contributed by atoms with Crippen LogP contribution in [-0.2, 0) is 4.79 Å². The summed E-state index contributed by atoms with van der Waals surface area (Å²) in [5.41, 5.74) is 1.09. The first kappa shape index (κ1) is 17.7. The molecule has 1 fully saturated rings. The number of rotatable bonds is 5. The molecular weight excluding hydrogens is 336 g/mol. The Bertz CT molecular complexity index is 700. The van der Waals surface area contributed by atoms with Crippen LogP contribution < -0.4 is 4.74 Å². The highest BCUT2D eigenvalue weighted by Gasteiger charge is 2.29. The molecule has 4 nitrogen and oxygen atoms in total. The van der Waals surface area contributed by atoms with Gasteiger partial charge in [0.25, 0.3) is 0 Å². The molecule has 5 heteroatoms. The molecule has 1 unspecified atom stereocenters. The van der Waals surface area contributed by atoms with Crippen molar-refractivity contribution in [2.24, 2.45) is 0 Å². The molecule has 0 aliphatic carbocycles. The molecular formula is C20H23ClN2O2. The minimum absolute atomic E-state index is 0.0493. The third-order valence-electron chi connectivity index (χ3n) is 4.66. The van der Waals surface area contributed by atoms with Crippen LogP contribution in [0.1, 0.15) is 37.7 Å². The number of amides is 1. The van der Waals surface area contributed by atoms with E-state index < -0.39 is 0 Å². The van der Waals surface area contributed by atoms with Crippen LogP contribution in [-0.4, -0.2) is 35.0 Å². The van der Waals surface area contributed by atoms with Gasteiger partial charge < -0.3 is 9.64 Å². The van der Waals surface area contributed by atoms with Crippen LogP contribution in [0.25, 0.3) is 0 Å². The van der Waals surface area contributed by atoms with Gasteiger partial charge in [0, 0.05) is 32.1 Å². The number of piperidine rings is 1. The summed E-state index contributed by atoms with van der Waals surface area (Å²) in [7, 11) is 0. The predicted octanol–water partition coefficient (Wildman–Crippen LogP) is 4.30. The summed E-state index contributed by atoms with van der Waals surface area (Å²) in [6.07, 6.45) is 4.12. The molecule has 0 spiro atoms. The number of pyridine rings is 1. The molecule has 1 aliphatic heterocycles. The van der Waals surface area contributed by atoms with E-state index in [0.29, 0.717) is 24.0 Å². The third kappa shape index (κ3) is 4.31. The Balaban J connectivity index is 1.58. The minimum Gasteiger partial charge on any atom is -0.473 e. The van der Waals surface area contributed by atoms with Gasteiger partial charge in [0.15, 0.2) is 0 Å². The zero-order valence-electron chi connectivity index (χ0n) is 14.4. The highest BCUT2D eigenvalue weighted by atomic mass is 35.5. The Kier molecular flexibility index (Phi) is 5.92. The molecule has 132 valence electrons. The van der Waals surface area contributed by atoms with Crippen molar-refractivity contribution in [2.45, 2.75) is 38.2 Å². The summed E-state index contributed by atoms with van der Waals surface area (Å²) in [6.45, 7) is 3.48. The summed E-state index contributed by atoms with van der Waals surface area (Å²) >= 11 is 6.10. The molecule has 0 radical (unpaired) electrons. The first-order chi connectivity index (χ1) is 12.2. The van der Waals surface area contributed by atoms with Gasteiger partial charge in [-0.05, 0) is 24.1 Å². The van der Waals surface area contributed by atoms with E-state index in [2.05, 4.69) is 11.9 Å². The molecule has 3 rings (SSSR count). The normalized spacial score (nSPS) is 16.5. The quantitative estimate of drug-likeness (QED) is 0.800. The highest BCUT2D eigenvalue weighted by molar-refractivity contribution is 6.31. The van der Waals surface area contributed by atoms with Gasteiger partial charge in [-0.25, -0.2) is 4.98 Å². The van der Waals surface area contributed by atoms with Crippen LogP contribution >= 0.6 is 11.6 Å². The topological polar surface area (TPSA) is 42.4 Å². The molecule has 1 amide bonds. The Morgan fingerprint density at radius 3 is 2.60 bits per heavy atom. The average Bonchev–Trinajstić information content (AvgIpc) is 2.66. The number of likely N-dealkylation sites (tertiary alicyclic amines) is 1. The summed E-state index contributed by atoms with van der Waals surface area (Å²) in [5, 5.41) is 0.524. The van der Waals surface area contributed by atoms with Crippen LogP contribution in [0.5, 0.6) is 5.88 Å². The predicted molar refractivity (Wildman–Crippen MR) is 99.0 cm³/mol. The molecule has 1 atom stereocenters. The van der Waals surface area contributed by atoms with E-state index in [1.807, 2.05) is 35.2 Å². The fraction of sp³-hybridized carbons (Fsp3) is 0.400. The molecule has 1 saturated heterocycles. The van der Waals surface area contributed by atoms with Gasteiger partial charge in [-0.1, -0.05) is 48.9 Å². The molecule has 0 saturated carbocycles. The molecule has 1 aliphatic rings. The van der Waals surface area contributed by atoms with Crippen LogP contribution in [0, 0.1) is 0 Å². The number of carbonyl (C=O) groups excluding carboxylic acids is 1. The van der Waals surface area contributed by atoms with Crippen LogP contribution in [0.3, 0.4) is 0 Å². The second-order valence-electron chi connectivity index (χ2n) is 6.30. The summed E-state index contributed by atoms with van der Waals surface area (Å²) in [6, 6.07) is 13.6. The van der Waals surface area contributed by atoms with Crippen molar-refractivity contribution in [1.82, 2.24) is 9.88 Å². The molecule has 2 heterocycles. The van der Waals surface area contributed by atoms with Gasteiger partial charge in [0.2, 0.25) is 11.8 Å². The van der Waals surface area contributed by atoms with E-state index in [1.165, 1.54) is 0 Å². The lowest BCUT2D eigenvalue weighted by atomic mass is 9.94. The maximum atomic E-state index is 12.9. The van der Waals surface area contributed by atoms with E-state index in [4.69, 9.17) is 16.3 Å². The van der Waals surface area contributed by atoms with Crippen molar-refractivity contribution in [1.29, 1.82) is 0 Å². The zero-order chi connectivity index (χ0) is 17.6. The van der Waals surface area contributed by atoms with Crippen LogP contribution in [0.2, 0.25) is 5.02 Å². The number of carbonyl (C=O) groups is 1. The Morgan fingerprint density at radius 1 is 1.24 bits per heavy atom. The fourth-order valence-corrected chi connectivity index (χ4v) is 3.43. The SMILES string of the molecule is CCC(C(=O)N1CCC(Oc2ncccc2Cl)CC1)c1ccccc1. The first-order valence-corrected chi connectivity index (χ1v) is 9.17. The lowest BCUT2D eigenvalue weighted by Crippen LogP contribution is -2.43. The molecule has 0 N–H and O–H groups in total. The molecule has 1 aromatic carbocycles. The maximum Gasteiger partial charge on any atom is 0.232 e. The Hall–Kier alpha value is -2.07.